The molecule has 0 saturated heterocycles. The molecule has 0 fully saturated rings. The molecule has 3 heteroatoms. The Morgan fingerprint density at radius 1 is 1.25 bits per heavy atom. The molecule has 0 aliphatic heterocycles. The van der Waals surface area contributed by atoms with Gasteiger partial charge in [0.15, 0.2) is 0 Å². The molecule has 3 nitrogen and oxygen atoms in total. The maximum Gasteiger partial charge on any atom is 0.0680 e. The van der Waals surface area contributed by atoms with Crippen LogP contribution in [0.1, 0.15) is 46.0 Å². The first-order valence-corrected chi connectivity index (χ1v) is 5.80. The molecule has 1 heterocycles. The summed E-state index contributed by atoms with van der Waals surface area (Å²) >= 11 is 0. The number of hydrogen-bond donors (Lipinski definition) is 1. The van der Waals surface area contributed by atoms with Gasteiger partial charge in [-0.05, 0) is 17.9 Å². The second-order valence-electron chi connectivity index (χ2n) is 6.39. The van der Waals surface area contributed by atoms with Crippen LogP contribution < -0.4 is 0 Å². The van der Waals surface area contributed by atoms with E-state index < -0.39 is 0 Å². The van der Waals surface area contributed by atoms with E-state index >= 15 is 0 Å². The quantitative estimate of drug-likeness (QED) is 0.855. The van der Waals surface area contributed by atoms with Gasteiger partial charge in [0.1, 0.15) is 0 Å². The number of nitrogens with zero attached hydrogens (tertiary/aromatic N) is 2. The van der Waals surface area contributed by atoms with E-state index in [2.05, 4.69) is 45.8 Å². The minimum Gasteiger partial charge on any atom is -0.396 e. The molecule has 0 bridgehead atoms. The van der Waals surface area contributed by atoms with Gasteiger partial charge in [0, 0.05) is 24.8 Å². The fraction of sp³-hybridized carbons (Fsp3) is 0.769. The lowest BCUT2D eigenvalue weighted by Crippen LogP contribution is -2.21. The fourth-order valence-electron chi connectivity index (χ4n) is 1.58. The van der Waals surface area contributed by atoms with Gasteiger partial charge in [-0.25, -0.2) is 0 Å². The van der Waals surface area contributed by atoms with Gasteiger partial charge in [-0.1, -0.05) is 34.6 Å². The minimum atomic E-state index is -0.0804. The summed E-state index contributed by atoms with van der Waals surface area (Å²) in [4.78, 5) is 0. The lowest BCUT2D eigenvalue weighted by atomic mass is 9.87. The largest absolute Gasteiger partial charge is 0.396 e. The van der Waals surface area contributed by atoms with Crippen molar-refractivity contribution in [2.24, 2.45) is 12.5 Å². The van der Waals surface area contributed by atoms with E-state index in [1.165, 1.54) is 5.69 Å². The van der Waals surface area contributed by atoms with Gasteiger partial charge in [0.2, 0.25) is 0 Å². The van der Waals surface area contributed by atoms with Crippen molar-refractivity contribution in [2.45, 2.75) is 46.5 Å². The molecule has 0 unspecified atom stereocenters. The van der Waals surface area contributed by atoms with Crippen LogP contribution in [0.4, 0.5) is 0 Å². The highest BCUT2D eigenvalue weighted by Crippen LogP contribution is 2.25. The Bertz CT molecular complexity index is 358. The van der Waals surface area contributed by atoms with Gasteiger partial charge in [0.05, 0.1) is 5.69 Å². The van der Waals surface area contributed by atoms with Crippen molar-refractivity contribution >= 4 is 0 Å². The molecule has 0 amide bonds. The lowest BCUT2D eigenvalue weighted by molar-refractivity contribution is 0.157. The van der Waals surface area contributed by atoms with Crippen molar-refractivity contribution in [3.05, 3.63) is 17.5 Å². The molecule has 1 N–H and O–H groups in total. The first kappa shape index (κ1) is 13.2. The van der Waals surface area contributed by atoms with Crippen molar-refractivity contribution in [3.8, 4) is 0 Å². The van der Waals surface area contributed by atoms with Gasteiger partial charge in [0.25, 0.3) is 0 Å². The van der Waals surface area contributed by atoms with Gasteiger partial charge in [-0.15, -0.1) is 0 Å². The van der Waals surface area contributed by atoms with Crippen LogP contribution in [0, 0.1) is 5.41 Å². The molecular formula is C13H24N2O. The molecule has 1 aromatic heterocycles. The van der Waals surface area contributed by atoms with Crippen LogP contribution in [-0.2, 0) is 18.9 Å². The lowest BCUT2D eigenvalue weighted by Gasteiger charge is -2.21. The number of aliphatic hydroxyl groups is 1. The van der Waals surface area contributed by atoms with E-state index in [1.54, 1.807) is 0 Å². The summed E-state index contributed by atoms with van der Waals surface area (Å²) < 4.78 is 1.93. The highest BCUT2D eigenvalue weighted by Gasteiger charge is 2.23. The van der Waals surface area contributed by atoms with Crippen LogP contribution in [-0.4, -0.2) is 21.5 Å². The van der Waals surface area contributed by atoms with Crippen LogP contribution in [0.2, 0.25) is 0 Å². The summed E-state index contributed by atoms with van der Waals surface area (Å²) in [6, 6.07) is 2.15. The third-order valence-electron chi connectivity index (χ3n) is 2.83. The summed E-state index contributed by atoms with van der Waals surface area (Å²) in [5, 5.41) is 13.8. The maximum atomic E-state index is 9.28. The van der Waals surface area contributed by atoms with E-state index in [9.17, 15) is 5.11 Å². The zero-order valence-electron chi connectivity index (χ0n) is 11.3. The summed E-state index contributed by atoms with van der Waals surface area (Å²) in [6.07, 6.45) is 0.850. The molecule has 0 radical (unpaired) electrons. The predicted molar refractivity (Wildman–Crippen MR) is 66.5 cm³/mol. The zero-order valence-corrected chi connectivity index (χ0v) is 11.3. The fourth-order valence-corrected chi connectivity index (χ4v) is 1.58. The minimum absolute atomic E-state index is 0.0804. The Morgan fingerprint density at radius 2 is 1.81 bits per heavy atom. The third kappa shape index (κ3) is 3.08. The molecule has 1 aromatic rings. The molecule has 0 aliphatic carbocycles. The SMILES string of the molecule is Cn1nc(C(C)(C)C)cc1CC(C)(C)CO. The molecule has 0 atom stereocenters. The first-order valence-electron chi connectivity index (χ1n) is 5.80. The predicted octanol–water partition coefficient (Wildman–Crippen LogP) is 2.28. The van der Waals surface area contributed by atoms with Crippen molar-refractivity contribution < 1.29 is 5.11 Å². The van der Waals surface area contributed by atoms with Crippen molar-refractivity contribution in [1.29, 1.82) is 0 Å². The molecule has 0 aromatic carbocycles. The Kier molecular flexibility index (Phi) is 3.48. The molecule has 16 heavy (non-hydrogen) atoms. The van der Waals surface area contributed by atoms with Gasteiger partial charge < -0.3 is 5.11 Å². The van der Waals surface area contributed by atoms with Crippen LogP contribution in [0.15, 0.2) is 6.07 Å². The molecule has 1 rings (SSSR count). The monoisotopic (exact) mass is 224 g/mol. The Balaban J connectivity index is 2.95. The molecule has 92 valence electrons. The van der Waals surface area contributed by atoms with Gasteiger partial charge in [-0.2, -0.15) is 5.10 Å². The van der Waals surface area contributed by atoms with Crippen molar-refractivity contribution in [3.63, 3.8) is 0 Å². The van der Waals surface area contributed by atoms with Crippen LogP contribution in [0.5, 0.6) is 0 Å². The highest BCUT2D eigenvalue weighted by molar-refractivity contribution is 5.18. The number of aryl methyl sites for hydroxylation is 1. The molecule has 0 spiro atoms. The van der Waals surface area contributed by atoms with Crippen molar-refractivity contribution in [2.75, 3.05) is 6.61 Å². The topological polar surface area (TPSA) is 38.0 Å². The maximum absolute atomic E-state index is 9.28. The summed E-state index contributed by atoms with van der Waals surface area (Å²) in [7, 11) is 1.97. The van der Waals surface area contributed by atoms with E-state index in [4.69, 9.17) is 0 Å². The number of rotatable bonds is 3. The zero-order chi connectivity index (χ0) is 12.6. The summed E-state index contributed by atoms with van der Waals surface area (Å²) in [6.45, 7) is 10.8. The summed E-state index contributed by atoms with van der Waals surface area (Å²) in [5.74, 6) is 0. The third-order valence-corrected chi connectivity index (χ3v) is 2.83. The second-order valence-corrected chi connectivity index (χ2v) is 6.39. The normalized spacial score (nSPS) is 13.2. The number of hydrogen-bond acceptors (Lipinski definition) is 2. The number of aromatic nitrogens is 2. The Labute approximate surface area is 98.5 Å². The molecule has 0 aliphatic rings. The molecule has 0 saturated carbocycles. The van der Waals surface area contributed by atoms with E-state index in [0.717, 1.165) is 12.1 Å². The van der Waals surface area contributed by atoms with Gasteiger partial charge in [-0.3, -0.25) is 4.68 Å². The summed E-state index contributed by atoms with van der Waals surface area (Å²) in [5.41, 5.74) is 2.30. The average Bonchev–Trinajstić information content (AvgIpc) is 2.47. The van der Waals surface area contributed by atoms with E-state index in [0.29, 0.717) is 0 Å². The molecular weight excluding hydrogens is 200 g/mol. The van der Waals surface area contributed by atoms with Gasteiger partial charge >= 0.3 is 0 Å². The highest BCUT2D eigenvalue weighted by atomic mass is 16.3. The standard InChI is InChI=1S/C13H24N2O/c1-12(2,3)11-7-10(15(6)14-11)8-13(4,5)9-16/h7,16H,8-9H2,1-6H3. The first-order chi connectivity index (χ1) is 7.15. The van der Waals surface area contributed by atoms with Crippen LogP contribution >= 0.6 is 0 Å². The Hall–Kier alpha value is -0.830. The van der Waals surface area contributed by atoms with E-state index in [-0.39, 0.29) is 17.4 Å². The van der Waals surface area contributed by atoms with Crippen molar-refractivity contribution in [1.82, 2.24) is 9.78 Å². The Morgan fingerprint density at radius 3 is 2.19 bits per heavy atom. The van der Waals surface area contributed by atoms with Crippen LogP contribution in [0.3, 0.4) is 0 Å². The average molecular weight is 224 g/mol. The van der Waals surface area contributed by atoms with Crippen LogP contribution in [0.25, 0.3) is 0 Å². The second kappa shape index (κ2) is 4.21. The number of aliphatic hydroxyl groups excluding tert-OH is 1. The van der Waals surface area contributed by atoms with E-state index in [1.807, 2.05) is 11.7 Å². The smallest absolute Gasteiger partial charge is 0.0680 e.